The zero-order chi connectivity index (χ0) is 20.0. The van der Waals surface area contributed by atoms with Gasteiger partial charge in [0.05, 0.1) is 10.0 Å². The van der Waals surface area contributed by atoms with Crippen LogP contribution in [0.5, 0.6) is 5.75 Å². The number of rotatable bonds is 6. The number of halogens is 3. The van der Waals surface area contributed by atoms with Crippen molar-refractivity contribution in [1.29, 1.82) is 5.26 Å². The Morgan fingerprint density at radius 1 is 1.26 bits per heavy atom. The number of carbonyl (C=O) groups is 1. The molecule has 2 rings (SSSR count). The number of carbonyl (C=O) groups excluding carboxylic acids is 1. The van der Waals surface area contributed by atoms with E-state index in [1.54, 1.807) is 12.1 Å². The summed E-state index contributed by atoms with van der Waals surface area (Å²) in [6.07, 6.45) is 1.44. The van der Waals surface area contributed by atoms with E-state index in [-0.39, 0.29) is 11.6 Å². The molecule has 0 aromatic heterocycles. The topological polar surface area (TPSA) is 62.1 Å². The van der Waals surface area contributed by atoms with Crippen LogP contribution in [-0.2, 0) is 11.4 Å². The quantitative estimate of drug-likeness (QED) is 0.309. The molecule has 0 saturated heterocycles. The summed E-state index contributed by atoms with van der Waals surface area (Å²) in [5.41, 5.74) is 1.51. The van der Waals surface area contributed by atoms with Crippen LogP contribution in [0, 0.1) is 14.9 Å². The van der Waals surface area contributed by atoms with E-state index in [1.165, 1.54) is 6.08 Å². The second-order valence-corrected chi connectivity index (χ2v) is 8.09. The van der Waals surface area contributed by atoms with Gasteiger partial charge in [0.25, 0.3) is 5.91 Å². The van der Waals surface area contributed by atoms with Gasteiger partial charge in [0.15, 0.2) is 5.75 Å². The summed E-state index contributed by atoms with van der Waals surface area (Å²) in [6.45, 7) is 3.96. The smallest absolute Gasteiger partial charge is 0.262 e. The molecule has 0 aliphatic carbocycles. The van der Waals surface area contributed by atoms with Crippen LogP contribution in [0.2, 0.25) is 10.0 Å². The van der Waals surface area contributed by atoms with E-state index in [4.69, 9.17) is 27.9 Å². The Labute approximate surface area is 182 Å². The van der Waals surface area contributed by atoms with Gasteiger partial charge in [-0.3, -0.25) is 4.79 Å². The molecule has 0 heterocycles. The first-order valence-electron chi connectivity index (χ1n) is 8.09. The van der Waals surface area contributed by atoms with Gasteiger partial charge in [0.1, 0.15) is 18.2 Å². The molecular formula is C20H17Cl2IN2O2. The average molecular weight is 515 g/mol. The van der Waals surface area contributed by atoms with Crippen molar-refractivity contribution >= 4 is 57.8 Å². The molecule has 0 bridgehead atoms. The molecule has 0 spiro atoms. The Bertz CT molecular complexity index is 880. The number of benzene rings is 2. The molecule has 7 heteroatoms. The zero-order valence-corrected chi connectivity index (χ0v) is 18.4. The van der Waals surface area contributed by atoms with E-state index < -0.39 is 5.91 Å². The molecule has 0 aliphatic heterocycles. The van der Waals surface area contributed by atoms with Crippen LogP contribution in [0.15, 0.2) is 42.0 Å². The first-order valence-corrected chi connectivity index (χ1v) is 9.92. The van der Waals surface area contributed by atoms with Crippen molar-refractivity contribution in [3.63, 3.8) is 0 Å². The van der Waals surface area contributed by atoms with E-state index in [0.29, 0.717) is 28.0 Å². The number of amides is 1. The van der Waals surface area contributed by atoms with Gasteiger partial charge in [-0.15, -0.1) is 0 Å². The lowest BCUT2D eigenvalue weighted by molar-refractivity contribution is -0.117. The van der Waals surface area contributed by atoms with Crippen molar-refractivity contribution in [2.75, 3.05) is 0 Å². The summed E-state index contributed by atoms with van der Waals surface area (Å²) in [7, 11) is 0. The van der Waals surface area contributed by atoms with E-state index in [1.807, 2.05) is 44.2 Å². The maximum atomic E-state index is 12.0. The van der Waals surface area contributed by atoms with Crippen molar-refractivity contribution in [2.45, 2.75) is 26.5 Å². The highest BCUT2D eigenvalue weighted by molar-refractivity contribution is 14.1. The molecule has 0 radical (unpaired) electrons. The molecule has 2 aromatic rings. The van der Waals surface area contributed by atoms with Crippen LogP contribution in [-0.4, -0.2) is 11.9 Å². The lowest BCUT2D eigenvalue weighted by atomic mass is 10.1. The van der Waals surface area contributed by atoms with E-state index >= 15 is 0 Å². The highest BCUT2D eigenvalue weighted by Crippen LogP contribution is 2.35. The number of nitrogens with zero attached hydrogens (tertiary/aromatic N) is 1. The molecule has 2 aromatic carbocycles. The molecule has 27 heavy (non-hydrogen) atoms. The predicted molar refractivity (Wildman–Crippen MR) is 117 cm³/mol. The van der Waals surface area contributed by atoms with E-state index in [9.17, 15) is 10.1 Å². The van der Waals surface area contributed by atoms with Gasteiger partial charge in [-0.2, -0.15) is 5.26 Å². The van der Waals surface area contributed by atoms with Crippen LogP contribution in [0.1, 0.15) is 25.0 Å². The van der Waals surface area contributed by atoms with Crippen molar-refractivity contribution < 1.29 is 9.53 Å². The number of hydrogen-bond acceptors (Lipinski definition) is 3. The van der Waals surface area contributed by atoms with Crippen molar-refractivity contribution in [3.8, 4) is 11.8 Å². The number of hydrogen-bond donors (Lipinski definition) is 1. The Morgan fingerprint density at radius 2 is 1.85 bits per heavy atom. The molecule has 0 atom stereocenters. The van der Waals surface area contributed by atoms with Crippen LogP contribution >= 0.6 is 45.8 Å². The third-order valence-corrected chi connectivity index (χ3v) is 4.69. The van der Waals surface area contributed by atoms with Crippen LogP contribution < -0.4 is 10.1 Å². The van der Waals surface area contributed by atoms with Crippen LogP contribution in [0.4, 0.5) is 0 Å². The molecular weight excluding hydrogens is 498 g/mol. The molecule has 0 unspecified atom stereocenters. The molecule has 140 valence electrons. The van der Waals surface area contributed by atoms with Crippen molar-refractivity contribution in [2.24, 2.45) is 0 Å². The summed E-state index contributed by atoms with van der Waals surface area (Å²) in [5, 5.41) is 12.5. The SMILES string of the molecule is CC(C)NC(=O)/C(C#N)=C\c1cc(Cl)c(OCc2ccc(I)cc2)c(Cl)c1. The second kappa shape index (κ2) is 9.98. The summed E-state index contributed by atoms with van der Waals surface area (Å²) in [6, 6.07) is 12.9. The minimum absolute atomic E-state index is 0.0246. The Morgan fingerprint density at radius 3 is 2.37 bits per heavy atom. The molecule has 0 saturated carbocycles. The van der Waals surface area contributed by atoms with Gasteiger partial charge < -0.3 is 10.1 Å². The Hall–Kier alpha value is -1.75. The third-order valence-electron chi connectivity index (χ3n) is 3.41. The maximum absolute atomic E-state index is 12.0. The van der Waals surface area contributed by atoms with Crippen LogP contribution in [0.3, 0.4) is 0 Å². The van der Waals surface area contributed by atoms with Crippen LogP contribution in [0.25, 0.3) is 6.08 Å². The normalized spacial score (nSPS) is 11.2. The van der Waals surface area contributed by atoms with E-state index in [2.05, 4.69) is 27.9 Å². The number of nitrogens with one attached hydrogen (secondary N) is 1. The number of nitriles is 1. The van der Waals surface area contributed by atoms with Gasteiger partial charge in [-0.1, -0.05) is 35.3 Å². The van der Waals surface area contributed by atoms with Gasteiger partial charge in [0, 0.05) is 9.61 Å². The molecule has 4 nitrogen and oxygen atoms in total. The van der Waals surface area contributed by atoms with Crippen molar-refractivity contribution in [1.82, 2.24) is 5.32 Å². The number of ether oxygens (including phenoxy) is 1. The maximum Gasteiger partial charge on any atom is 0.262 e. The largest absolute Gasteiger partial charge is 0.486 e. The molecule has 1 N–H and O–H groups in total. The van der Waals surface area contributed by atoms with Gasteiger partial charge >= 0.3 is 0 Å². The average Bonchev–Trinajstić information content (AvgIpc) is 2.59. The summed E-state index contributed by atoms with van der Waals surface area (Å²) in [5.74, 6) is -0.0852. The molecule has 0 aliphatic rings. The zero-order valence-electron chi connectivity index (χ0n) is 14.7. The molecule has 0 fully saturated rings. The first-order chi connectivity index (χ1) is 12.8. The van der Waals surface area contributed by atoms with Gasteiger partial charge in [-0.05, 0) is 77.9 Å². The monoisotopic (exact) mass is 514 g/mol. The first kappa shape index (κ1) is 21.5. The highest BCUT2D eigenvalue weighted by atomic mass is 127. The highest BCUT2D eigenvalue weighted by Gasteiger charge is 2.13. The predicted octanol–water partition coefficient (Wildman–Crippen LogP) is 5.61. The minimum atomic E-state index is -0.446. The fourth-order valence-corrected chi connectivity index (χ4v) is 3.16. The second-order valence-electron chi connectivity index (χ2n) is 6.03. The lowest BCUT2D eigenvalue weighted by Gasteiger charge is -2.11. The minimum Gasteiger partial charge on any atom is -0.486 e. The Kier molecular flexibility index (Phi) is 7.96. The van der Waals surface area contributed by atoms with Crippen molar-refractivity contribution in [3.05, 3.63) is 66.7 Å². The third kappa shape index (κ3) is 6.42. The van der Waals surface area contributed by atoms with E-state index in [0.717, 1.165) is 9.13 Å². The summed E-state index contributed by atoms with van der Waals surface area (Å²) in [4.78, 5) is 12.0. The summed E-state index contributed by atoms with van der Waals surface area (Å²) < 4.78 is 6.89. The summed E-state index contributed by atoms with van der Waals surface area (Å²) >= 11 is 14.8. The lowest BCUT2D eigenvalue weighted by Crippen LogP contribution is -2.30. The molecule has 1 amide bonds. The fraction of sp³-hybridized carbons (Fsp3) is 0.200. The van der Waals surface area contributed by atoms with Gasteiger partial charge in [0.2, 0.25) is 0 Å². The fourth-order valence-electron chi connectivity index (χ4n) is 2.19. The van der Waals surface area contributed by atoms with Gasteiger partial charge in [-0.25, -0.2) is 0 Å². The Balaban J connectivity index is 2.20. The standard InChI is InChI=1S/C20H17Cl2IN2O2/c1-12(2)25-20(26)15(10-24)7-14-8-17(21)19(18(22)9-14)27-11-13-3-5-16(23)6-4-13/h3-9,12H,11H2,1-2H3,(H,25,26)/b15-7-.